The Bertz CT molecular complexity index is 336. The first-order chi connectivity index (χ1) is 7.79. The highest BCUT2D eigenvalue weighted by atomic mass is 79.9. The molecule has 0 aliphatic heterocycles. The van der Waals surface area contributed by atoms with Crippen molar-refractivity contribution in [2.75, 3.05) is 0 Å². The van der Waals surface area contributed by atoms with Gasteiger partial charge < -0.3 is 0 Å². The van der Waals surface area contributed by atoms with Crippen molar-refractivity contribution in [2.45, 2.75) is 38.1 Å². The lowest BCUT2D eigenvalue weighted by molar-refractivity contribution is 0.462. The van der Waals surface area contributed by atoms with Gasteiger partial charge in [0.2, 0.25) is 0 Å². The van der Waals surface area contributed by atoms with Crippen LogP contribution in [-0.2, 0) is 6.42 Å². The van der Waals surface area contributed by atoms with Gasteiger partial charge in [-0.3, -0.25) is 11.3 Å². The maximum atomic E-state index is 5.61. The second kappa shape index (κ2) is 5.80. The Morgan fingerprint density at radius 1 is 1.38 bits per heavy atom. The molecule has 16 heavy (non-hydrogen) atoms. The van der Waals surface area contributed by atoms with Crippen molar-refractivity contribution in [3.63, 3.8) is 0 Å². The van der Waals surface area contributed by atoms with Gasteiger partial charge in [0, 0.05) is 10.5 Å². The normalized spacial score (nSPS) is 17.4. The minimum Gasteiger partial charge on any atom is -0.271 e. The lowest BCUT2D eigenvalue weighted by Crippen LogP contribution is -2.36. The summed E-state index contributed by atoms with van der Waals surface area (Å²) in [6.45, 7) is 0. The largest absolute Gasteiger partial charge is 0.271 e. The van der Waals surface area contributed by atoms with E-state index >= 15 is 0 Å². The smallest absolute Gasteiger partial charge is 0.0251 e. The van der Waals surface area contributed by atoms with E-state index in [1.54, 1.807) is 0 Å². The van der Waals surface area contributed by atoms with Gasteiger partial charge in [0.1, 0.15) is 0 Å². The van der Waals surface area contributed by atoms with Crippen LogP contribution in [0.1, 0.15) is 31.2 Å². The molecule has 1 saturated carbocycles. The van der Waals surface area contributed by atoms with Crippen LogP contribution in [0.4, 0.5) is 0 Å². The van der Waals surface area contributed by atoms with Crippen LogP contribution >= 0.6 is 15.9 Å². The minimum absolute atomic E-state index is 0.402. The SMILES string of the molecule is NNC(CCC1CC1)Cc1ccccc1Br. The third kappa shape index (κ3) is 3.58. The van der Waals surface area contributed by atoms with Crippen LogP contribution < -0.4 is 11.3 Å². The van der Waals surface area contributed by atoms with Crippen LogP contribution in [0.5, 0.6) is 0 Å². The van der Waals surface area contributed by atoms with E-state index in [0.29, 0.717) is 6.04 Å². The molecule has 2 nitrogen and oxygen atoms in total. The van der Waals surface area contributed by atoms with Crippen molar-refractivity contribution >= 4 is 15.9 Å². The standard InChI is InChI=1S/C13H19BrN2/c14-13-4-2-1-3-11(13)9-12(16-15)8-7-10-5-6-10/h1-4,10,12,16H,5-9,15H2. The Kier molecular flexibility index (Phi) is 4.38. The fraction of sp³-hybridized carbons (Fsp3) is 0.538. The molecule has 0 amide bonds. The minimum atomic E-state index is 0.402. The molecule has 1 atom stereocenters. The molecule has 1 aliphatic rings. The van der Waals surface area contributed by atoms with Crippen molar-refractivity contribution in [2.24, 2.45) is 11.8 Å². The van der Waals surface area contributed by atoms with E-state index in [0.717, 1.165) is 12.3 Å². The Hall–Kier alpha value is -0.380. The summed E-state index contributed by atoms with van der Waals surface area (Å²) in [7, 11) is 0. The fourth-order valence-corrected chi connectivity index (χ4v) is 2.46. The Morgan fingerprint density at radius 2 is 2.12 bits per heavy atom. The van der Waals surface area contributed by atoms with E-state index in [2.05, 4.69) is 39.6 Å². The van der Waals surface area contributed by atoms with Crippen LogP contribution in [0.2, 0.25) is 0 Å². The second-order valence-electron chi connectivity index (χ2n) is 4.68. The van der Waals surface area contributed by atoms with E-state index in [1.807, 2.05) is 6.07 Å². The van der Waals surface area contributed by atoms with Crippen LogP contribution in [0.15, 0.2) is 28.7 Å². The molecule has 1 unspecified atom stereocenters. The summed E-state index contributed by atoms with van der Waals surface area (Å²) in [5.41, 5.74) is 4.27. The number of nitrogens with one attached hydrogen (secondary N) is 1. The molecule has 0 heterocycles. The predicted molar refractivity (Wildman–Crippen MR) is 70.9 cm³/mol. The predicted octanol–water partition coefficient (Wildman–Crippen LogP) is 3.01. The quantitative estimate of drug-likeness (QED) is 0.622. The molecule has 3 heteroatoms. The lowest BCUT2D eigenvalue weighted by Gasteiger charge is -2.16. The summed E-state index contributed by atoms with van der Waals surface area (Å²) in [6, 6.07) is 8.77. The van der Waals surface area contributed by atoms with Gasteiger partial charge in [-0.1, -0.05) is 47.0 Å². The summed E-state index contributed by atoms with van der Waals surface area (Å²) in [5.74, 6) is 6.59. The summed E-state index contributed by atoms with van der Waals surface area (Å²) < 4.78 is 1.18. The van der Waals surface area contributed by atoms with Crippen molar-refractivity contribution in [3.05, 3.63) is 34.3 Å². The topological polar surface area (TPSA) is 38.0 Å². The zero-order valence-electron chi connectivity index (χ0n) is 9.45. The molecular weight excluding hydrogens is 264 g/mol. The number of hydrazine groups is 1. The lowest BCUT2D eigenvalue weighted by atomic mass is 10.0. The van der Waals surface area contributed by atoms with Gasteiger partial charge >= 0.3 is 0 Å². The van der Waals surface area contributed by atoms with E-state index < -0.39 is 0 Å². The monoisotopic (exact) mass is 282 g/mol. The van der Waals surface area contributed by atoms with Crippen LogP contribution in [-0.4, -0.2) is 6.04 Å². The molecule has 1 aromatic rings. The molecule has 0 spiro atoms. The average Bonchev–Trinajstić information content (AvgIpc) is 3.10. The average molecular weight is 283 g/mol. The number of rotatable bonds is 6. The zero-order valence-corrected chi connectivity index (χ0v) is 11.0. The second-order valence-corrected chi connectivity index (χ2v) is 5.53. The van der Waals surface area contributed by atoms with Gasteiger partial charge in [0.05, 0.1) is 0 Å². The Morgan fingerprint density at radius 3 is 2.75 bits per heavy atom. The van der Waals surface area contributed by atoms with E-state index in [1.165, 1.54) is 35.7 Å². The van der Waals surface area contributed by atoms with Crippen LogP contribution in [0.3, 0.4) is 0 Å². The Labute approximate surface area is 106 Å². The third-order valence-corrected chi connectivity index (χ3v) is 4.05. The van der Waals surface area contributed by atoms with Gasteiger partial charge in [-0.15, -0.1) is 0 Å². The molecular formula is C13H19BrN2. The summed E-state index contributed by atoms with van der Waals surface area (Å²) in [5, 5.41) is 0. The fourth-order valence-electron chi connectivity index (χ4n) is 2.02. The Balaban J connectivity index is 1.87. The van der Waals surface area contributed by atoms with Crippen molar-refractivity contribution < 1.29 is 0 Å². The van der Waals surface area contributed by atoms with Crippen LogP contribution in [0, 0.1) is 5.92 Å². The summed E-state index contributed by atoms with van der Waals surface area (Å²) in [4.78, 5) is 0. The van der Waals surface area contributed by atoms with Gasteiger partial charge in [0.25, 0.3) is 0 Å². The van der Waals surface area contributed by atoms with E-state index in [9.17, 15) is 0 Å². The van der Waals surface area contributed by atoms with Crippen LogP contribution in [0.25, 0.3) is 0 Å². The highest BCUT2D eigenvalue weighted by molar-refractivity contribution is 9.10. The molecule has 3 N–H and O–H groups in total. The molecule has 1 fully saturated rings. The molecule has 1 aliphatic carbocycles. The molecule has 0 aromatic heterocycles. The van der Waals surface area contributed by atoms with E-state index in [-0.39, 0.29) is 0 Å². The zero-order chi connectivity index (χ0) is 11.4. The molecule has 1 aromatic carbocycles. The van der Waals surface area contributed by atoms with Gasteiger partial charge in [-0.05, 0) is 36.8 Å². The third-order valence-electron chi connectivity index (χ3n) is 3.28. The van der Waals surface area contributed by atoms with Gasteiger partial charge in [-0.25, -0.2) is 0 Å². The molecule has 2 rings (SSSR count). The number of nitrogens with two attached hydrogens (primary N) is 1. The maximum Gasteiger partial charge on any atom is 0.0251 e. The first kappa shape index (κ1) is 12.1. The summed E-state index contributed by atoms with van der Waals surface area (Å²) >= 11 is 3.58. The molecule has 0 radical (unpaired) electrons. The number of hydrogen-bond donors (Lipinski definition) is 2. The van der Waals surface area contributed by atoms with Crippen molar-refractivity contribution in [1.29, 1.82) is 0 Å². The maximum absolute atomic E-state index is 5.61. The number of benzene rings is 1. The molecule has 88 valence electrons. The van der Waals surface area contributed by atoms with Crippen molar-refractivity contribution in [3.8, 4) is 0 Å². The number of hydrogen-bond acceptors (Lipinski definition) is 2. The number of halogens is 1. The van der Waals surface area contributed by atoms with E-state index in [4.69, 9.17) is 5.84 Å². The molecule has 0 bridgehead atoms. The van der Waals surface area contributed by atoms with Crippen molar-refractivity contribution in [1.82, 2.24) is 5.43 Å². The van der Waals surface area contributed by atoms with Gasteiger partial charge in [-0.2, -0.15) is 0 Å². The first-order valence-electron chi connectivity index (χ1n) is 5.99. The highest BCUT2D eigenvalue weighted by Crippen LogP contribution is 2.34. The summed E-state index contributed by atoms with van der Waals surface area (Å²) in [6.07, 6.45) is 6.35. The molecule has 0 saturated heterocycles. The highest BCUT2D eigenvalue weighted by Gasteiger charge is 2.22. The van der Waals surface area contributed by atoms with Gasteiger partial charge in [0.15, 0.2) is 0 Å². The first-order valence-corrected chi connectivity index (χ1v) is 6.78.